The smallest absolute Gasteiger partial charge is 0.00164 e. The maximum absolute atomic E-state index is 2.49. The highest BCUT2D eigenvalue weighted by molar-refractivity contribution is 7.99. The van der Waals surface area contributed by atoms with Crippen molar-refractivity contribution in [3.8, 4) is 0 Å². The normalized spacial score (nSPS) is 13.8. The third kappa shape index (κ3) is 5.90. The van der Waals surface area contributed by atoms with Gasteiger partial charge in [-0.1, -0.05) is 20.8 Å². The first-order valence-electron chi connectivity index (χ1n) is 4.99. The fourth-order valence-corrected chi connectivity index (χ4v) is 1.66. The second-order valence-corrected chi connectivity index (χ2v) is 4.49. The summed E-state index contributed by atoms with van der Waals surface area (Å²) in [6, 6.07) is 0. The van der Waals surface area contributed by atoms with Gasteiger partial charge in [0.15, 0.2) is 0 Å². The van der Waals surface area contributed by atoms with Crippen LogP contribution in [0.3, 0.4) is 0 Å². The number of hydrogen-bond donors (Lipinski definition) is 0. The maximum Gasteiger partial charge on any atom is 0.00164 e. The molecule has 0 rings (SSSR count). The Bertz CT molecular complexity index is 91.8. The van der Waals surface area contributed by atoms with Gasteiger partial charge in [-0.25, -0.2) is 0 Å². The van der Waals surface area contributed by atoms with E-state index in [-0.39, 0.29) is 0 Å². The van der Waals surface area contributed by atoms with Gasteiger partial charge < -0.3 is 4.90 Å². The van der Waals surface area contributed by atoms with Gasteiger partial charge in [0.05, 0.1) is 0 Å². The Kier molecular flexibility index (Phi) is 8.14. The van der Waals surface area contributed by atoms with E-state index in [1.165, 1.54) is 32.5 Å². The third-order valence-electron chi connectivity index (χ3n) is 2.38. The molecule has 0 heterocycles. The number of thioether (sulfide) groups is 1. The van der Waals surface area contributed by atoms with Gasteiger partial charge in [0, 0.05) is 5.25 Å². The van der Waals surface area contributed by atoms with Crippen molar-refractivity contribution in [2.75, 3.05) is 25.9 Å². The zero-order chi connectivity index (χ0) is 9.40. The quantitative estimate of drug-likeness (QED) is 0.606. The van der Waals surface area contributed by atoms with E-state index in [4.69, 9.17) is 0 Å². The molecular formula is C10H23NS. The molecular weight excluding hydrogens is 166 g/mol. The fourth-order valence-electron chi connectivity index (χ4n) is 1.26. The number of hydrogen-bond acceptors (Lipinski definition) is 2. The topological polar surface area (TPSA) is 3.24 Å². The van der Waals surface area contributed by atoms with Crippen LogP contribution in [0.2, 0.25) is 0 Å². The molecule has 0 spiro atoms. The molecule has 0 aromatic heterocycles. The summed E-state index contributed by atoms with van der Waals surface area (Å²) in [4.78, 5) is 2.49. The standard InChI is InChI=1S/C10H23NS/c1-5-11(6-2)9-7-8-10(3)12-4/h10H,5-9H2,1-4H3. The van der Waals surface area contributed by atoms with Crippen LogP contribution in [-0.4, -0.2) is 36.0 Å². The van der Waals surface area contributed by atoms with Crippen LogP contribution in [0.15, 0.2) is 0 Å². The van der Waals surface area contributed by atoms with Gasteiger partial charge in [-0.15, -0.1) is 0 Å². The number of nitrogens with zero attached hydrogens (tertiary/aromatic N) is 1. The fraction of sp³-hybridized carbons (Fsp3) is 1.00. The Morgan fingerprint density at radius 1 is 1.25 bits per heavy atom. The Labute approximate surface area is 81.9 Å². The van der Waals surface area contributed by atoms with Gasteiger partial charge in [0.2, 0.25) is 0 Å². The molecule has 1 atom stereocenters. The van der Waals surface area contributed by atoms with Gasteiger partial charge >= 0.3 is 0 Å². The molecule has 0 aliphatic rings. The lowest BCUT2D eigenvalue weighted by molar-refractivity contribution is 0.297. The van der Waals surface area contributed by atoms with Crippen molar-refractivity contribution in [1.82, 2.24) is 4.90 Å². The van der Waals surface area contributed by atoms with E-state index in [1.807, 2.05) is 11.8 Å². The molecule has 0 saturated heterocycles. The average Bonchev–Trinajstić information content (AvgIpc) is 2.12. The minimum atomic E-state index is 0.834. The van der Waals surface area contributed by atoms with Crippen molar-refractivity contribution in [2.45, 2.75) is 38.9 Å². The largest absolute Gasteiger partial charge is 0.304 e. The van der Waals surface area contributed by atoms with Crippen LogP contribution in [0.5, 0.6) is 0 Å². The Balaban J connectivity index is 3.28. The van der Waals surface area contributed by atoms with Gasteiger partial charge in [0.1, 0.15) is 0 Å². The second kappa shape index (κ2) is 7.93. The highest BCUT2D eigenvalue weighted by Gasteiger charge is 2.01. The van der Waals surface area contributed by atoms with E-state index >= 15 is 0 Å². The average molecular weight is 189 g/mol. The van der Waals surface area contributed by atoms with Crippen molar-refractivity contribution in [2.24, 2.45) is 0 Å². The van der Waals surface area contributed by atoms with Gasteiger partial charge in [-0.2, -0.15) is 11.8 Å². The van der Waals surface area contributed by atoms with Crippen molar-refractivity contribution in [1.29, 1.82) is 0 Å². The van der Waals surface area contributed by atoms with E-state index in [0.717, 1.165) is 5.25 Å². The summed E-state index contributed by atoms with van der Waals surface area (Å²) in [5.74, 6) is 0. The first-order chi connectivity index (χ1) is 5.74. The molecule has 0 radical (unpaired) electrons. The van der Waals surface area contributed by atoms with E-state index < -0.39 is 0 Å². The maximum atomic E-state index is 2.49. The SMILES string of the molecule is CCN(CC)CCCC(C)SC. The van der Waals surface area contributed by atoms with Crippen molar-refractivity contribution < 1.29 is 0 Å². The second-order valence-electron chi connectivity index (χ2n) is 3.22. The summed E-state index contributed by atoms with van der Waals surface area (Å²) < 4.78 is 0. The number of rotatable bonds is 7. The lowest BCUT2D eigenvalue weighted by Crippen LogP contribution is -2.24. The van der Waals surface area contributed by atoms with Crippen LogP contribution in [0.25, 0.3) is 0 Å². The molecule has 0 aliphatic heterocycles. The van der Waals surface area contributed by atoms with Crippen LogP contribution in [0, 0.1) is 0 Å². The highest BCUT2D eigenvalue weighted by Crippen LogP contribution is 2.11. The van der Waals surface area contributed by atoms with E-state index in [1.54, 1.807) is 0 Å². The Morgan fingerprint density at radius 3 is 2.25 bits per heavy atom. The van der Waals surface area contributed by atoms with Crippen LogP contribution >= 0.6 is 11.8 Å². The molecule has 0 aliphatic carbocycles. The lowest BCUT2D eigenvalue weighted by Gasteiger charge is -2.18. The molecule has 0 saturated carbocycles. The monoisotopic (exact) mass is 189 g/mol. The van der Waals surface area contributed by atoms with Crippen LogP contribution in [0.4, 0.5) is 0 Å². The summed E-state index contributed by atoms with van der Waals surface area (Å²) in [5.41, 5.74) is 0. The van der Waals surface area contributed by atoms with Gasteiger partial charge in [0.25, 0.3) is 0 Å². The van der Waals surface area contributed by atoms with E-state index in [9.17, 15) is 0 Å². The zero-order valence-electron chi connectivity index (χ0n) is 8.97. The molecule has 74 valence electrons. The van der Waals surface area contributed by atoms with E-state index in [2.05, 4.69) is 31.9 Å². The molecule has 0 N–H and O–H groups in total. The van der Waals surface area contributed by atoms with Crippen molar-refractivity contribution in [3.05, 3.63) is 0 Å². The summed E-state index contributed by atoms with van der Waals surface area (Å²) in [6.45, 7) is 10.5. The minimum absolute atomic E-state index is 0.834. The van der Waals surface area contributed by atoms with Crippen LogP contribution < -0.4 is 0 Å². The predicted octanol–water partition coefficient (Wildman–Crippen LogP) is 2.86. The zero-order valence-corrected chi connectivity index (χ0v) is 9.78. The Hall–Kier alpha value is 0.310. The Morgan fingerprint density at radius 2 is 1.83 bits per heavy atom. The molecule has 1 unspecified atom stereocenters. The van der Waals surface area contributed by atoms with Crippen molar-refractivity contribution >= 4 is 11.8 Å². The first-order valence-corrected chi connectivity index (χ1v) is 6.28. The molecule has 0 aromatic rings. The molecule has 1 nitrogen and oxygen atoms in total. The summed E-state index contributed by atoms with van der Waals surface area (Å²) >= 11 is 1.97. The van der Waals surface area contributed by atoms with E-state index in [0.29, 0.717) is 0 Å². The minimum Gasteiger partial charge on any atom is -0.304 e. The lowest BCUT2D eigenvalue weighted by atomic mass is 10.2. The van der Waals surface area contributed by atoms with Crippen LogP contribution in [-0.2, 0) is 0 Å². The molecule has 0 aromatic carbocycles. The van der Waals surface area contributed by atoms with Gasteiger partial charge in [-0.3, -0.25) is 0 Å². The molecule has 2 heteroatoms. The first kappa shape index (κ1) is 12.3. The summed E-state index contributed by atoms with van der Waals surface area (Å²) in [5, 5.41) is 0.834. The molecule has 0 bridgehead atoms. The molecule has 12 heavy (non-hydrogen) atoms. The summed E-state index contributed by atoms with van der Waals surface area (Å²) in [7, 11) is 0. The van der Waals surface area contributed by atoms with Crippen molar-refractivity contribution in [3.63, 3.8) is 0 Å². The predicted molar refractivity (Wildman–Crippen MR) is 60.0 cm³/mol. The van der Waals surface area contributed by atoms with Gasteiger partial charge in [-0.05, 0) is 38.7 Å². The molecule has 0 amide bonds. The highest BCUT2D eigenvalue weighted by atomic mass is 32.2. The third-order valence-corrected chi connectivity index (χ3v) is 3.42. The van der Waals surface area contributed by atoms with Crippen LogP contribution in [0.1, 0.15) is 33.6 Å². The molecule has 0 fully saturated rings. The summed E-state index contributed by atoms with van der Waals surface area (Å²) in [6.07, 6.45) is 4.91.